The van der Waals surface area contributed by atoms with Gasteiger partial charge >= 0.3 is 12.1 Å². The molecule has 2 atom stereocenters. The molecule has 22 heavy (non-hydrogen) atoms. The molecule has 2 aliphatic rings. The number of hydrogen-bond donors (Lipinski definition) is 1. The first-order valence-corrected chi connectivity index (χ1v) is 7.64. The van der Waals surface area contributed by atoms with Crippen LogP contribution in [0.4, 0.5) is 4.79 Å². The van der Waals surface area contributed by atoms with Crippen molar-refractivity contribution < 1.29 is 24.2 Å². The Bertz CT molecular complexity index is 477. The Morgan fingerprint density at radius 1 is 1.50 bits per heavy atom. The fraction of sp³-hybridized carbons (Fsp3) is 0.750. The molecule has 124 valence electrons. The second-order valence-corrected chi connectivity index (χ2v) is 7.26. The number of carbonyl (C=O) groups is 2. The normalized spacial score (nSPS) is 27.9. The molecule has 2 heterocycles. The second kappa shape index (κ2) is 5.91. The Morgan fingerprint density at radius 2 is 2.14 bits per heavy atom. The smallest absolute Gasteiger partial charge is 0.411 e. The molecule has 2 saturated heterocycles. The molecular formula is C16H25NO5. The Balaban J connectivity index is 2.08. The zero-order valence-corrected chi connectivity index (χ0v) is 13.6. The molecule has 0 aromatic carbocycles. The molecule has 1 N–H and O–H groups in total. The highest BCUT2D eigenvalue weighted by Crippen LogP contribution is 2.40. The Morgan fingerprint density at radius 3 is 2.64 bits per heavy atom. The summed E-state index contributed by atoms with van der Waals surface area (Å²) < 4.78 is 10.5. The van der Waals surface area contributed by atoms with E-state index in [0.29, 0.717) is 25.1 Å². The molecule has 2 rings (SSSR count). The lowest BCUT2D eigenvalue weighted by Gasteiger charge is -2.34. The van der Waals surface area contributed by atoms with Crippen LogP contribution >= 0.6 is 0 Å². The number of ether oxygens (including phenoxy) is 2. The van der Waals surface area contributed by atoms with Gasteiger partial charge < -0.3 is 14.6 Å². The van der Waals surface area contributed by atoms with Gasteiger partial charge in [-0.15, -0.1) is 0 Å². The first-order valence-electron chi connectivity index (χ1n) is 7.64. The van der Waals surface area contributed by atoms with E-state index < -0.39 is 17.6 Å². The van der Waals surface area contributed by atoms with Crippen molar-refractivity contribution in [3.63, 3.8) is 0 Å². The Labute approximate surface area is 131 Å². The predicted octanol–water partition coefficient (Wildman–Crippen LogP) is 2.43. The van der Waals surface area contributed by atoms with Gasteiger partial charge in [-0.1, -0.05) is 27.4 Å². The van der Waals surface area contributed by atoms with Gasteiger partial charge in [0.25, 0.3) is 0 Å². The lowest BCUT2D eigenvalue weighted by molar-refractivity contribution is -0.147. The number of amides is 1. The van der Waals surface area contributed by atoms with E-state index in [-0.39, 0.29) is 24.5 Å². The molecule has 0 aliphatic carbocycles. The van der Waals surface area contributed by atoms with Gasteiger partial charge in [0.15, 0.2) is 5.54 Å². The molecule has 0 spiro atoms. The van der Waals surface area contributed by atoms with Crippen LogP contribution in [0.2, 0.25) is 0 Å². The molecule has 1 amide bonds. The summed E-state index contributed by atoms with van der Waals surface area (Å²) in [5.41, 5.74) is -0.788. The highest BCUT2D eigenvalue weighted by Gasteiger charge is 2.56. The van der Waals surface area contributed by atoms with Gasteiger partial charge in [-0.05, 0) is 23.8 Å². The van der Waals surface area contributed by atoms with Gasteiger partial charge in [0, 0.05) is 13.0 Å². The predicted molar refractivity (Wildman–Crippen MR) is 80.6 cm³/mol. The number of hydrogen-bond acceptors (Lipinski definition) is 4. The number of nitrogens with zero attached hydrogens (tertiary/aromatic N) is 1. The van der Waals surface area contributed by atoms with Gasteiger partial charge in [-0.25, -0.2) is 9.59 Å². The summed E-state index contributed by atoms with van der Waals surface area (Å²) in [7, 11) is 0. The molecule has 2 aliphatic heterocycles. The third-order valence-corrected chi connectivity index (χ3v) is 4.26. The fourth-order valence-corrected chi connectivity index (χ4v) is 2.73. The van der Waals surface area contributed by atoms with E-state index >= 15 is 0 Å². The van der Waals surface area contributed by atoms with Crippen LogP contribution in [0, 0.1) is 5.41 Å². The van der Waals surface area contributed by atoms with Gasteiger partial charge in [0.1, 0.15) is 0 Å². The minimum absolute atomic E-state index is 0.0562. The standard InChI is InChI=1S/C16H25NO5/c1-11-5-7-17(14(20)21-8-6-15(2,3)4)16(11,13(18)19)9-12-10-22-12/h12H,1,5-10H2,2-4H3,(H,18,19)/t12-,16?/m1/s1. The highest BCUT2D eigenvalue weighted by molar-refractivity contribution is 5.89. The van der Waals surface area contributed by atoms with Gasteiger partial charge in [0.2, 0.25) is 0 Å². The molecule has 0 radical (unpaired) electrons. The number of epoxide rings is 1. The maximum Gasteiger partial charge on any atom is 0.411 e. The van der Waals surface area contributed by atoms with Crippen molar-refractivity contribution in [2.75, 3.05) is 19.8 Å². The molecule has 6 nitrogen and oxygen atoms in total. The average molecular weight is 311 g/mol. The Kier molecular flexibility index (Phi) is 4.52. The molecular weight excluding hydrogens is 286 g/mol. The lowest BCUT2D eigenvalue weighted by atomic mass is 9.87. The summed E-state index contributed by atoms with van der Waals surface area (Å²) in [4.78, 5) is 25.5. The van der Waals surface area contributed by atoms with Crippen molar-refractivity contribution in [2.45, 2.75) is 51.7 Å². The van der Waals surface area contributed by atoms with Gasteiger partial charge in [-0.3, -0.25) is 4.90 Å². The molecule has 6 heteroatoms. The van der Waals surface area contributed by atoms with Crippen molar-refractivity contribution in [3.8, 4) is 0 Å². The number of carboxylic acid groups (broad SMARTS) is 1. The van der Waals surface area contributed by atoms with Crippen LogP contribution in [0.3, 0.4) is 0 Å². The van der Waals surface area contributed by atoms with Crippen LogP contribution in [0.5, 0.6) is 0 Å². The third kappa shape index (κ3) is 3.43. The third-order valence-electron chi connectivity index (χ3n) is 4.26. The maximum atomic E-state index is 12.4. The number of likely N-dealkylation sites (tertiary alicyclic amines) is 1. The summed E-state index contributed by atoms with van der Waals surface area (Å²) in [5, 5.41) is 9.72. The highest BCUT2D eigenvalue weighted by atomic mass is 16.6. The van der Waals surface area contributed by atoms with E-state index in [1.54, 1.807) is 0 Å². The maximum absolute atomic E-state index is 12.4. The van der Waals surface area contributed by atoms with Crippen molar-refractivity contribution in [1.82, 2.24) is 4.90 Å². The SMILES string of the molecule is C=C1CCN(C(=O)OCCC(C)(C)C)C1(C[C@@H]1CO1)C(=O)O. The van der Waals surface area contributed by atoms with Crippen molar-refractivity contribution in [2.24, 2.45) is 5.41 Å². The topological polar surface area (TPSA) is 79.4 Å². The summed E-state index contributed by atoms with van der Waals surface area (Å²) in [5.74, 6) is -1.06. The zero-order valence-electron chi connectivity index (χ0n) is 13.6. The zero-order chi connectivity index (χ0) is 16.5. The first-order chi connectivity index (χ1) is 10.2. The van der Waals surface area contributed by atoms with E-state index in [1.807, 2.05) is 0 Å². The second-order valence-electron chi connectivity index (χ2n) is 7.26. The van der Waals surface area contributed by atoms with E-state index in [1.165, 1.54) is 4.90 Å². The van der Waals surface area contributed by atoms with Crippen LogP contribution in [-0.4, -0.2) is 53.5 Å². The molecule has 2 fully saturated rings. The molecule has 0 bridgehead atoms. The monoisotopic (exact) mass is 311 g/mol. The van der Waals surface area contributed by atoms with Gasteiger partial charge in [0.05, 0.1) is 19.3 Å². The number of carbonyl (C=O) groups excluding carboxylic acids is 1. The lowest BCUT2D eigenvalue weighted by Crippen LogP contribution is -2.55. The number of aliphatic carboxylic acids is 1. The summed E-state index contributed by atoms with van der Waals surface area (Å²) in [6.07, 6.45) is 0.754. The quantitative estimate of drug-likeness (QED) is 0.623. The Hall–Kier alpha value is -1.56. The number of carboxylic acids is 1. The molecule has 1 unspecified atom stereocenters. The van der Waals surface area contributed by atoms with Crippen molar-refractivity contribution >= 4 is 12.1 Å². The van der Waals surface area contributed by atoms with Crippen LogP contribution < -0.4 is 0 Å². The minimum atomic E-state index is -1.39. The molecule has 0 aromatic rings. The molecule has 0 saturated carbocycles. The summed E-state index contributed by atoms with van der Waals surface area (Å²) in [6.45, 7) is 11.2. The van der Waals surface area contributed by atoms with Crippen LogP contribution in [0.1, 0.15) is 40.0 Å². The van der Waals surface area contributed by atoms with E-state index in [2.05, 4.69) is 27.4 Å². The minimum Gasteiger partial charge on any atom is -0.479 e. The van der Waals surface area contributed by atoms with Gasteiger partial charge in [-0.2, -0.15) is 0 Å². The largest absolute Gasteiger partial charge is 0.479 e. The van der Waals surface area contributed by atoms with Crippen molar-refractivity contribution in [3.05, 3.63) is 12.2 Å². The molecule has 0 aromatic heterocycles. The summed E-state index contributed by atoms with van der Waals surface area (Å²) >= 11 is 0. The fourth-order valence-electron chi connectivity index (χ4n) is 2.73. The average Bonchev–Trinajstić information content (AvgIpc) is 3.12. The van der Waals surface area contributed by atoms with Crippen LogP contribution in [-0.2, 0) is 14.3 Å². The van der Waals surface area contributed by atoms with E-state index in [0.717, 1.165) is 6.42 Å². The van der Waals surface area contributed by atoms with Crippen LogP contribution in [0.25, 0.3) is 0 Å². The summed E-state index contributed by atoms with van der Waals surface area (Å²) in [6, 6.07) is 0. The van der Waals surface area contributed by atoms with E-state index in [9.17, 15) is 14.7 Å². The van der Waals surface area contributed by atoms with Crippen molar-refractivity contribution in [1.29, 1.82) is 0 Å². The van der Waals surface area contributed by atoms with Crippen LogP contribution in [0.15, 0.2) is 12.2 Å². The first kappa shape index (κ1) is 16.8. The number of rotatable bonds is 5. The van der Waals surface area contributed by atoms with E-state index in [4.69, 9.17) is 9.47 Å².